The van der Waals surface area contributed by atoms with Crippen LogP contribution in [-0.2, 0) is 0 Å². The van der Waals surface area contributed by atoms with Crippen LogP contribution in [0.2, 0.25) is 0 Å². The van der Waals surface area contributed by atoms with Crippen LogP contribution in [0.25, 0.3) is 0 Å². The van der Waals surface area contributed by atoms with Gasteiger partial charge in [-0.05, 0) is 18.1 Å². The minimum absolute atomic E-state index is 0.324. The highest BCUT2D eigenvalue weighted by Crippen LogP contribution is 1.92. The number of pyridine rings is 1. The van der Waals surface area contributed by atoms with Gasteiger partial charge in [-0.1, -0.05) is 6.07 Å². The molecule has 2 nitrogen and oxygen atoms in total. The fraction of sp³-hybridized carbons (Fsp3) is 0. The van der Waals surface area contributed by atoms with Gasteiger partial charge in [0.25, 0.3) is 5.78 Å². The van der Waals surface area contributed by atoms with Crippen LogP contribution in [0.4, 0.5) is 0 Å². The molecule has 0 amide bonds. The molecule has 0 aliphatic rings. The van der Waals surface area contributed by atoms with Gasteiger partial charge in [0.05, 0.1) is 0 Å². The maximum absolute atomic E-state index is 10.7. The molecular weight excluding hydrogens is 126 g/mol. The topological polar surface area (TPSA) is 30.0 Å². The third-order valence-corrected chi connectivity index (χ3v) is 1.03. The molecule has 1 aromatic heterocycles. The number of carbonyl (C=O) groups excluding carboxylic acids is 1. The van der Waals surface area contributed by atoms with Gasteiger partial charge in [-0.15, -0.1) is 6.42 Å². The van der Waals surface area contributed by atoms with Gasteiger partial charge in [0.15, 0.2) is 0 Å². The summed E-state index contributed by atoms with van der Waals surface area (Å²) < 4.78 is 0. The predicted octanol–water partition coefficient (Wildman–Crippen LogP) is 0.897. The first kappa shape index (κ1) is 6.50. The molecule has 1 heterocycles. The first-order valence-electron chi connectivity index (χ1n) is 2.76. The van der Waals surface area contributed by atoms with E-state index in [4.69, 9.17) is 6.42 Å². The van der Waals surface area contributed by atoms with Gasteiger partial charge in [0, 0.05) is 6.20 Å². The number of terminal acetylenes is 1. The van der Waals surface area contributed by atoms with Crippen molar-refractivity contribution in [1.82, 2.24) is 4.98 Å². The highest BCUT2D eigenvalue weighted by Gasteiger charge is 1.98. The Labute approximate surface area is 58.9 Å². The molecule has 0 radical (unpaired) electrons. The van der Waals surface area contributed by atoms with E-state index in [1.807, 2.05) is 5.92 Å². The molecule has 0 saturated heterocycles. The molecule has 0 aromatic carbocycles. The summed E-state index contributed by atoms with van der Waals surface area (Å²) in [4.78, 5) is 14.5. The van der Waals surface area contributed by atoms with Crippen LogP contribution in [0.1, 0.15) is 10.5 Å². The molecular formula is C8H5NO. The number of rotatable bonds is 1. The summed E-state index contributed by atoms with van der Waals surface area (Å²) in [6, 6.07) is 5.03. The highest BCUT2D eigenvalue weighted by atomic mass is 16.1. The lowest BCUT2D eigenvalue weighted by atomic mass is 10.3. The summed E-state index contributed by atoms with van der Waals surface area (Å²) in [5, 5.41) is 0. The maximum Gasteiger partial charge on any atom is 0.253 e. The SMILES string of the molecule is C#CC(=O)c1ccccn1. The van der Waals surface area contributed by atoms with Gasteiger partial charge in [-0.25, -0.2) is 0 Å². The van der Waals surface area contributed by atoms with E-state index < -0.39 is 0 Å². The van der Waals surface area contributed by atoms with Gasteiger partial charge >= 0.3 is 0 Å². The molecule has 48 valence electrons. The molecule has 0 fully saturated rings. The molecule has 1 rings (SSSR count). The predicted molar refractivity (Wildman–Crippen MR) is 37.4 cm³/mol. The lowest BCUT2D eigenvalue weighted by molar-refractivity contribution is 0.105. The fourth-order valence-electron chi connectivity index (χ4n) is 0.571. The average Bonchev–Trinajstić information content (AvgIpc) is 2.05. The molecule has 0 bridgehead atoms. The first-order chi connectivity index (χ1) is 4.84. The normalized spacial score (nSPS) is 8.30. The molecule has 0 atom stereocenters. The largest absolute Gasteiger partial charge is 0.277 e. The van der Waals surface area contributed by atoms with Gasteiger partial charge < -0.3 is 0 Å². The van der Waals surface area contributed by atoms with Crippen molar-refractivity contribution < 1.29 is 4.79 Å². The number of aromatic nitrogens is 1. The smallest absolute Gasteiger partial charge is 0.253 e. The molecule has 0 spiro atoms. The Bertz CT molecular complexity index is 271. The second kappa shape index (κ2) is 2.79. The van der Waals surface area contributed by atoms with Crippen molar-refractivity contribution >= 4 is 5.78 Å². The van der Waals surface area contributed by atoms with E-state index in [-0.39, 0.29) is 5.78 Å². The fourth-order valence-corrected chi connectivity index (χ4v) is 0.571. The summed E-state index contributed by atoms with van der Waals surface area (Å²) in [6.07, 6.45) is 6.40. The van der Waals surface area contributed by atoms with E-state index in [1.54, 1.807) is 18.2 Å². The second-order valence-corrected chi connectivity index (χ2v) is 1.69. The van der Waals surface area contributed by atoms with Gasteiger partial charge in [-0.2, -0.15) is 0 Å². The maximum atomic E-state index is 10.7. The number of Topliss-reactive ketones (excluding diaryl/α,β-unsaturated/α-hetero) is 1. The van der Waals surface area contributed by atoms with Crippen LogP contribution < -0.4 is 0 Å². The summed E-state index contributed by atoms with van der Waals surface area (Å²) in [7, 11) is 0. The minimum Gasteiger partial charge on any atom is -0.277 e. The van der Waals surface area contributed by atoms with E-state index >= 15 is 0 Å². The average molecular weight is 131 g/mol. The number of ketones is 1. The Morgan fingerprint density at radius 2 is 2.40 bits per heavy atom. The van der Waals surface area contributed by atoms with Crippen LogP contribution in [0.3, 0.4) is 0 Å². The zero-order valence-corrected chi connectivity index (χ0v) is 5.24. The van der Waals surface area contributed by atoms with Crippen molar-refractivity contribution in [3.05, 3.63) is 30.1 Å². The third-order valence-electron chi connectivity index (χ3n) is 1.03. The Morgan fingerprint density at radius 1 is 1.60 bits per heavy atom. The van der Waals surface area contributed by atoms with Crippen molar-refractivity contribution in [3.63, 3.8) is 0 Å². The first-order valence-corrected chi connectivity index (χ1v) is 2.76. The van der Waals surface area contributed by atoms with Crippen LogP contribution in [0, 0.1) is 12.3 Å². The van der Waals surface area contributed by atoms with Crippen LogP contribution in [0.5, 0.6) is 0 Å². The number of hydrogen-bond donors (Lipinski definition) is 0. The molecule has 0 aliphatic carbocycles. The molecule has 0 aliphatic heterocycles. The standard InChI is InChI=1S/C8H5NO/c1-2-8(10)7-5-3-4-6-9-7/h1,3-6H. The molecule has 0 saturated carbocycles. The van der Waals surface area contributed by atoms with Crippen molar-refractivity contribution in [2.75, 3.05) is 0 Å². The van der Waals surface area contributed by atoms with Crippen molar-refractivity contribution in [2.24, 2.45) is 0 Å². The number of hydrogen-bond acceptors (Lipinski definition) is 2. The van der Waals surface area contributed by atoms with E-state index in [2.05, 4.69) is 4.98 Å². The Kier molecular flexibility index (Phi) is 1.81. The lowest BCUT2D eigenvalue weighted by Crippen LogP contribution is -1.96. The Hall–Kier alpha value is -1.62. The monoisotopic (exact) mass is 131 g/mol. The highest BCUT2D eigenvalue weighted by molar-refractivity contribution is 6.07. The van der Waals surface area contributed by atoms with E-state index in [0.29, 0.717) is 5.69 Å². The zero-order chi connectivity index (χ0) is 7.40. The minimum atomic E-state index is -0.374. The van der Waals surface area contributed by atoms with E-state index in [1.165, 1.54) is 6.20 Å². The molecule has 0 unspecified atom stereocenters. The molecule has 0 N–H and O–H groups in total. The van der Waals surface area contributed by atoms with Crippen LogP contribution >= 0.6 is 0 Å². The summed E-state index contributed by atoms with van der Waals surface area (Å²) >= 11 is 0. The summed E-state index contributed by atoms with van der Waals surface area (Å²) in [5.74, 6) is 1.61. The zero-order valence-electron chi connectivity index (χ0n) is 5.24. The van der Waals surface area contributed by atoms with E-state index in [9.17, 15) is 4.79 Å². The van der Waals surface area contributed by atoms with Gasteiger partial charge in [0.1, 0.15) is 5.69 Å². The summed E-state index contributed by atoms with van der Waals surface area (Å²) in [6.45, 7) is 0. The third kappa shape index (κ3) is 1.20. The lowest BCUT2D eigenvalue weighted by Gasteiger charge is -1.87. The Morgan fingerprint density at radius 3 is 2.90 bits per heavy atom. The Balaban J connectivity index is 2.99. The van der Waals surface area contributed by atoms with Crippen molar-refractivity contribution in [3.8, 4) is 12.3 Å². The van der Waals surface area contributed by atoms with Crippen molar-refractivity contribution in [1.29, 1.82) is 0 Å². The quantitative estimate of drug-likeness (QED) is 0.322. The number of carbonyl (C=O) groups is 1. The van der Waals surface area contributed by atoms with E-state index in [0.717, 1.165) is 0 Å². The molecule has 1 aromatic rings. The van der Waals surface area contributed by atoms with Crippen LogP contribution in [-0.4, -0.2) is 10.8 Å². The van der Waals surface area contributed by atoms with Gasteiger partial charge in [0.2, 0.25) is 0 Å². The molecule has 2 heteroatoms. The van der Waals surface area contributed by atoms with Gasteiger partial charge in [-0.3, -0.25) is 9.78 Å². The molecule has 10 heavy (non-hydrogen) atoms. The summed E-state index contributed by atoms with van der Waals surface area (Å²) in [5.41, 5.74) is 0.324. The van der Waals surface area contributed by atoms with Crippen LogP contribution in [0.15, 0.2) is 24.4 Å². The van der Waals surface area contributed by atoms with Crippen molar-refractivity contribution in [2.45, 2.75) is 0 Å². The number of nitrogens with zero attached hydrogens (tertiary/aromatic N) is 1. The second-order valence-electron chi connectivity index (χ2n) is 1.69.